The molecule has 0 spiro atoms. The summed E-state index contributed by atoms with van der Waals surface area (Å²) in [5.74, 6) is -0.0613. The highest BCUT2D eigenvalue weighted by Gasteiger charge is 2.28. The fraction of sp³-hybridized carbons (Fsp3) is 0.286. The quantitative estimate of drug-likeness (QED) is 0.605. The first-order valence-corrected chi connectivity index (χ1v) is 11.5. The molecule has 0 saturated carbocycles. The van der Waals surface area contributed by atoms with Crippen LogP contribution in [0.25, 0.3) is 0 Å². The van der Waals surface area contributed by atoms with Gasteiger partial charge >= 0.3 is 0 Å². The monoisotopic (exact) mass is 445 g/mol. The number of halogens is 1. The summed E-state index contributed by atoms with van der Waals surface area (Å²) in [6.45, 7) is 1.20. The van der Waals surface area contributed by atoms with E-state index >= 15 is 0 Å². The molecule has 0 bridgehead atoms. The Kier molecular flexibility index (Phi) is 6.28. The van der Waals surface area contributed by atoms with Gasteiger partial charge in [0, 0.05) is 46.9 Å². The minimum atomic E-state index is -0.0956. The molecule has 3 heterocycles. The van der Waals surface area contributed by atoms with Gasteiger partial charge in [0.15, 0.2) is 5.13 Å². The fourth-order valence-electron chi connectivity index (χ4n) is 3.42. The number of nitrogens with zero attached hydrogens (tertiary/aromatic N) is 2. The predicted octanol–water partition coefficient (Wildman–Crippen LogP) is 4.94. The molecule has 5 nitrogen and oxygen atoms in total. The van der Waals surface area contributed by atoms with Gasteiger partial charge in [0.1, 0.15) is 0 Å². The number of carbonyl (C=O) groups excluding carboxylic acids is 2. The summed E-state index contributed by atoms with van der Waals surface area (Å²) in [5, 5.41) is 8.04. The number of nitrogens with one attached hydrogen (secondary N) is 1. The highest BCUT2D eigenvalue weighted by Crippen LogP contribution is 2.25. The van der Waals surface area contributed by atoms with E-state index in [2.05, 4.69) is 10.3 Å². The van der Waals surface area contributed by atoms with Gasteiger partial charge < -0.3 is 10.2 Å². The Balaban J connectivity index is 1.29. The standard InChI is InChI=1S/C21H20ClN3O2S2/c22-17-3-1-2-14(10-17)11-18-12-23-21(29-18)24-19(26)15-4-7-25(8-5-15)20(27)16-6-9-28-13-16/h1-3,6,9-10,12-13,15H,4-5,7-8,11H2,(H,23,24,26). The van der Waals surface area contributed by atoms with E-state index in [0.717, 1.165) is 22.4 Å². The molecule has 0 atom stereocenters. The number of carbonyl (C=O) groups is 2. The van der Waals surface area contributed by atoms with Crippen LogP contribution < -0.4 is 5.32 Å². The van der Waals surface area contributed by atoms with Crippen LogP contribution >= 0.6 is 34.3 Å². The maximum Gasteiger partial charge on any atom is 0.254 e. The smallest absolute Gasteiger partial charge is 0.254 e. The Labute approximate surface area is 182 Å². The van der Waals surface area contributed by atoms with Gasteiger partial charge in [0.2, 0.25) is 5.91 Å². The van der Waals surface area contributed by atoms with Crippen LogP contribution in [0, 0.1) is 5.92 Å². The lowest BCUT2D eigenvalue weighted by molar-refractivity contribution is -0.121. The van der Waals surface area contributed by atoms with Crippen molar-refractivity contribution in [2.45, 2.75) is 19.3 Å². The number of likely N-dealkylation sites (tertiary alicyclic amines) is 1. The molecule has 0 unspecified atom stereocenters. The summed E-state index contributed by atoms with van der Waals surface area (Å²) >= 11 is 9.03. The molecule has 1 N–H and O–H groups in total. The average Bonchev–Trinajstić information content (AvgIpc) is 3.40. The summed E-state index contributed by atoms with van der Waals surface area (Å²) in [4.78, 5) is 32.3. The molecule has 0 radical (unpaired) electrons. The van der Waals surface area contributed by atoms with E-state index in [0.29, 0.717) is 36.1 Å². The lowest BCUT2D eigenvalue weighted by Crippen LogP contribution is -2.41. The van der Waals surface area contributed by atoms with Crippen molar-refractivity contribution < 1.29 is 9.59 Å². The first-order chi connectivity index (χ1) is 14.1. The van der Waals surface area contributed by atoms with E-state index < -0.39 is 0 Å². The van der Waals surface area contributed by atoms with Crippen molar-refractivity contribution in [2.24, 2.45) is 5.92 Å². The van der Waals surface area contributed by atoms with Crippen LogP contribution in [0.3, 0.4) is 0 Å². The van der Waals surface area contributed by atoms with Crippen LogP contribution in [0.1, 0.15) is 33.6 Å². The van der Waals surface area contributed by atoms with Gasteiger partial charge in [-0.25, -0.2) is 4.98 Å². The third kappa shape index (κ3) is 5.04. The molecule has 4 rings (SSSR count). The van der Waals surface area contributed by atoms with Gasteiger partial charge in [0.25, 0.3) is 5.91 Å². The lowest BCUT2D eigenvalue weighted by Gasteiger charge is -2.31. The average molecular weight is 446 g/mol. The molecule has 1 aromatic carbocycles. The Morgan fingerprint density at radius 2 is 2.07 bits per heavy atom. The summed E-state index contributed by atoms with van der Waals surface area (Å²) < 4.78 is 0. The number of aromatic nitrogens is 1. The first kappa shape index (κ1) is 20.1. The molecule has 2 amide bonds. The minimum Gasteiger partial charge on any atom is -0.339 e. The summed E-state index contributed by atoms with van der Waals surface area (Å²) in [6, 6.07) is 9.58. The summed E-state index contributed by atoms with van der Waals surface area (Å²) in [5.41, 5.74) is 1.84. The maximum atomic E-state index is 12.6. The molecule has 2 aromatic heterocycles. The Morgan fingerprint density at radius 3 is 2.79 bits per heavy atom. The van der Waals surface area contributed by atoms with Gasteiger partial charge in [-0.2, -0.15) is 11.3 Å². The number of rotatable bonds is 5. The number of thiazole rings is 1. The Morgan fingerprint density at radius 1 is 1.24 bits per heavy atom. The molecule has 1 saturated heterocycles. The van der Waals surface area contributed by atoms with Gasteiger partial charge in [-0.1, -0.05) is 23.7 Å². The van der Waals surface area contributed by atoms with Crippen LogP contribution in [0.15, 0.2) is 47.3 Å². The molecule has 3 aromatic rings. The minimum absolute atomic E-state index is 0.0173. The van der Waals surface area contributed by atoms with Crippen molar-refractivity contribution in [3.8, 4) is 0 Å². The number of hydrogen-bond acceptors (Lipinski definition) is 5. The van der Waals surface area contributed by atoms with Crippen molar-refractivity contribution in [3.05, 3.63) is 68.3 Å². The molecule has 150 valence electrons. The van der Waals surface area contributed by atoms with Crippen molar-refractivity contribution in [2.75, 3.05) is 18.4 Å². The van der Waals surface area contributed by atoms with Crippen molar-refractivity contribution in [3.63, 3.8) is 0 Å². The SMILES string of the molecule is O=C(Nc1ncc(Cc2cccc(Cl)c2)s1)C1CCN(C(=O)c2ccsc2)CC1. The molecule has 29 heavy (non-hydrogen) atoms. The van der Waals surface area contributed by atoms with Gasteiger partial charge in [-0.15, -0.1) is 11.3 Å². The zero-order valence-corrected chi connectivity index (χ0v) is 18.0. The van der Waals surface area contributed by atoms with Crippen LogP contribution in [0.2, 0.25) is 5.02 Å². The molecule has 1 aliphatic rings. The highest BCUT2D eigenvalue weighted by molar-refractivity contribution is 7.15. The largest absolute Gasteiger partial charge is 0.339 e. The van der Waals surface area contributed by atoms with Gasteiger partial charge in [0.05, 0.1) is 5.56 Å². The third-order valence-electron chi connectivity index (χ3n) is 4.97. The van der Waals surface area contributed by atoms with Crippen molar-refractivity contribution in [1.29, 1.82) is 0 Å². The molecule has 1 fully saturated rings. The van der Waals surface area contributed by atoms with E-state index in [-0.39, 0.29) is 17.7 Å². The normalized spacial score (nSPS) is 14.7. The summed E-state index contributed by atoms with van der Waals surface area (Å²) in [6.07, 6.45) is 3.87. The van der Waals surface area contributed by atoms with E-state index in [1.807, 2.05) is 46.0 Å². The van der Waals surface area contributed by atoms with Crippen LogP contribution in [0.5, 0.6) is 0 Å². The zero-order chi connectivity index (χ0) is 20.2. The topological polar surface area (TPSA) is 62.3 Å². The number of hydrogen-bond donors (Lipinski definition) is 1. The molecule has 0 aliphatic carbocycles. The first-order valence-electron chi connectivity index (χ1n) is 9.40. The van der Waals surface area contributed by atoms with E-state index in [4.69, 9.17) is 11.6 Å². The van der Waals surface area contributed by atoms with Crippen molar-refractivity contribution in [1.82, 2.24) is 9.88 Å². The second-order valence-corrected chi connectivity index (χ2v) is 9.34. The molecular formula is C21H20ClN3O2S2. The highest BCUT2D eigenvalue weighted by atomic mass is 35.5. The zero-order valence-electron chi connectivity index (χ0n) is 15.6. The number of piperidine rings is 1. The van der Waals surface area contributed by atoms with E-state index in [9.17, 15) is 9.59 Å². The van der Waals surface area contributed by atoms with Crippen LogP contribution in [0.4, 0.5) is 5.13 Å². The van der Waals surface area contributed by atoms with Crippen molar-refractivity contribution >= 4 is 51.2 Å². The van der Waals surface area contributed by atoms with Crippen LogP contribution in [-0.2, 0) is 11.2 Å². The number of amides is 2. The predicted molar refractivity (Wildman–Crippen MR) is 118 cm³/mol. The number of anilines is 1. The third-order valence-corrected chi connectivity index (χ3v) is 6.80. The second-order valence-electron chi connectivity index (χ2n) is 7.01. The second kappa shape index (κ2) is 9.07. The lowest BCUT2D eigenvalue weighted by atomic mass is 9.95. The van der Waals surface area contributed by atoms with E-state index in [1.165, 1.54) is 22.7 Å². The molecule has 1 aliphatic heterocycles. The number of thiophene rings is 1. The fourth-order valence-corrected chi connectivity index (χ4v) is 5.11. The molecular weight excluding hydrogens is 426 g/mol. The molecule has 8 heteroatoms. The van der Waals surface area contributed by atoms with E-state index in [1.54, 1.807) is 6.20 Å². The van der Waals surface area contributed by atoms with Crippen LogP contribution in [-0.4, -0.2) is 34.8 Å². The maximum absolute atomic E-state index is 12.6. The van der Waals surface area contributed by atoms with Gasteiger partial charge in [-0.3, -0.25) is 9.59 Å². The Bertz CT molecular complexity index is 995. The summed E-state index contributed by atoms with van der Waals surface area (Å²) in [7, 11) is 0. The number of benzene rings is 1. The Hall–Kier alpha value is -2.22. The van der Waals surface area contributed by atoms with Gasteiger partial charge in [-0.05, 0) is 42.0 Å².